The molecule has 0 bridgehead atoms. The normalized spacial score (nSPS) is 17.3. The van der Waals surface area contributed by atoms with Crippen molar-refractivity contribution in [1.29, 1.82) is 5.41 Å². The first-order valence-electron chi connectivity index (χ1n) is 7.48. The standard InChI is InChI=1S/C16H26N4/c1-3-6-19-7-9-20(10-8-19)12-15-5-4-14(16(17)18)11-13(15)2/h4-5,11H,3,6-10,12H2,1-2H3,(H3,17,18). The van der Waals surface area contributed by atoms with Gasteiger partial charge in [-0.2, -0.15) is 0 Å². The number of hydrogen-bond acceptors (Lipinski definition) is 3. The molecule has 0 saturated carbocycles. The zero-order valence-corrected chi connectivity index (χ0v) is 12.7. The molecule has 4 heteroatoms. The summed E-state index contributed by atoms with van der Waals surface area (Å²) < 4.78 is 0. The number of hydrogen-bond donors (Lipinski definition) is 2. The molecule has 110 valence electrons. The van der Waals surface area contributed by atoms with Gasteiger partial charge >= 0.3 is 0 Å². The molecular weight excluding hydrogens is 248 g/mol. The Morgan fingerprint density at radius 2 is 1.85 bits per heavy atom. The molecule has 0 aliphatic carbocycles. The minimum atomic E-state index is 0.146. The highest BCUT2D eigenvalue weighted by molar-refractivity contribution is 5.95. The molecule has 2 rings (SSSR count). The van der Waals surface area contributed by atoms with Gasteiger partial charge in [0.05, 0.1) is 0 Å². The lowest BCUT2D eigenvalue weighted by atomic mass is 10.0. The van der Waals surface area contributed by atoms with Crippen molar-refractivity contribution >= 4 is 5.84 Å². The molecule has 0 unspecified atom stereocenters. The van der Waals surface area contributed by atoms with Crippen molar-refractivity contribution in [3.8, 4) is 0 Å². The zero-order valence-electron chi connectivity index (χ0n) is 12.7. The first-order valence-corrected chi connectivity index (χ1v) is 7.48. The predicted octanol–water partition coefficient (Wildman–Crippen LogP) is 1.81. The fraction of sp³-hybridized carbons (Fsp3) is 0.562. The van der Waals surface area contributed by atoms with Gasteiger partial charge in [-0.25, -0.2) is 0 Å². The lowest BCUT2D eigenvalue weighted by Crippen LogP contribution is -2.46. The number of piperazine rings is 1. The maximum Gasteiger partial charge on any atom is 0.122 e. The highest BCUT2D eigenvalue weighted by Crippen LogP contribution is 2.15. The number of nitrogens with two attached hydrogens (primary N) is 1. The number of benzene rings is 1. The molecule has 1 aromatic rings. The summed E-state index contributed by atoms with van der Waals surface area (Å²) in [7, 11) is 0. The molecule has 1 aliphatic heterocycles. The van der Waals surface area contributed by atoms with E-state index in [1.165, 1.54) is 37.2 Å². The molecule has 0 spiro atoms. The number of aryl methyl sites for hydroxylation is 1. The molecule has 1 aromatic carbocycles. The van der Waals surface area contributed by atoms with Gasteiger partial charge in [-0.3, -0.25) is 10.3 Å². The van der Waals surface area contributed by atoms with Gasteiger partial charge in [0.15, 0.2) is 0 Å². The summed E-state index contributed by atoms with van der Waals surface area (Å²) in [5, 5.41) is 7.48. The number of nitrogen functional groups attached to an aromatic ring is 1. The minimum Gasteiger partial charge on any atom is -0.384 e. The van der Waals surface area contributed by atoms with Crippen LogP contribution in [-0.4, -0.2) is 48.4 Å². The summed E-state index contributed by atoms with van der Waals surface area (Å²) in [4.78, 5) is 5.06. The summed E-state index contributed by atoms with van der Waals surface area (Å²) in [6.45, 7) is 11.2. The molecule has 1 fully saturated rings. The number of rotatable bonds is 5. The van der Waals surface area contributed by atoms with Crippen LogP contribution in [0.2, 0.25) is 0 Å². The van der Waals surface area contributed by atoms with Crippen LogP contribution >= 0.6 is 0 Å². The van der Waals surface area contributed by atoms with Gasteiger partial charge in [0.25, 0.3) is 0 Å². The SMILES string of the molecule is CCCN1CCN(Cc2ccc(C(=N)N)cc2C)CC1. The van der Waals surface area contributed by atoms with E-state index in [1.807, 2.05) is 12.1 Å². The van der Waals surface area contributed by atoms with Crippen LogP contribution in [0.1, 0.15) is 30.0 Å². The third kappa shape index (κ3) is 3.81. The summed E-state index contributed by atoms with van der Waals surface area (Å²) in [6.07, 6.45) is 1.24. The van der Waals surface area contributed by atoms with Crippen molar-refractivity contribution < 1.29 is 0 Å². The number of nitrogens with zero attached hydrogens (tertiary/aromatic N) is 2. The van der Waals surface area contributed by atoms with Crippen molar-refractivity contribution in [2.24, 2.45) is 5.73 Å². The molecule has 1 aliphatic rings. The lowest BCUT2D eigenvalue weighted by Gasteiger charge is -2.34. The van der Waals surface area contributed by atoms with E-state index >= 15 is 0 Å². The van der Waals surface area contributed by atoms with E-state index < -0.39 is 0 Å². The van der Waals surface area contributed by atoms with E-state index in [-0.39, 0.29) is 5.84 Å². The third-order valence-electron chi connectivity index (χ3n) is 4.05. The monoisotopic (exact) mass is 274 g/mol. The summed E-state index contributed by atoms with van der Waals surface area (Å²) in [5.74, 6) is 0.146. The molecule has 4 nitrogen and oxygen atoms in total. The van der Waals surface area contributed by atoms with Crippen molar-refractivity contribution in [3.63, 3.8) is 0 Å². The summed E-state index contributed by atoms with van der Waals surface area (Å²) in [6, 6.07) is 6.09. The van der Waals surface area contributed by atoms with E-state index in [9.17, 15) is 0 Å². The number of nitrogens with one attached hydrogen (secondary N) is 1. The fourth-order valence-corrected chi connectivity index (χ4v) is 2.77. The van der Waals surface area contributed by atoms with Crippen molar-refractivity contribution in [2.75, 3.05) is 32.7 Å². The third-order valence-corrected chi connectivity index (χ3v) is 4.05. The Hall–Kier alpha value is -1.39. The van der Waals surface area contributed by atoms with Gasteiger partial charge in [-0.1, -0.05) is 19.1 Å². The molecule has 3 N–H and O–H groups in total. The average Bonchev–Trinajstić information content (AvgIpc) is 2.43. The first kappa shape index (κ1) is 15.0. The molecule has 0 atom stereocenters. The van der Waals surface area contributed by atoms with E-state index in [2.05, 4.69) is 29.7 Å². The predicted molar refractivity (Wildman–Crippen MR) is 84.2 cm³/mol. The van der Waals surface area contributed by atoms with E-state index in [4.69, 9.17) is 11.1 Å². The maximum atomic E-state index is 7.48. The molecule has 0 aromatic heterocycles. The quantitative estimate of drug-likeness (QED) is 0.636. The van der Waals surface area contributed by atoms with Crippen LogP contribution in [0, 0.1) is 12.3 Å². The Labute approximate surface area is 122 Å². The van der Waals surface area contributed by atoms with Crippen LogP contribution in [0.5, 0.6) is 0 Å². The summed E-state index contributed by atoms with van der Waals surface area (Å²) in [5.41, 5.74) is 8.92. The molecule has 20 heavy (non-hydrogen) atoms. The highest BCUT2D eigenvalue weighted by atomic mass is 15.3. The fourth-order valence-electron chi connectivity index (χ4n) is 2.77. The van der Waals surface area contributed by atoms with Crippen LogP contribution in [0.4, 0.5) is 0 Å². The number of amidine groups is 1. The van der Waals surface area contributed by atoms with E-state index in [0.29, 0.717) is 0 Å². The Bertz CT molecular complexity index is 462. The Balaban J connectivity index is 1.93. The van der Waals surface area contributed by atoms with Gasteiger partial charge < -0.3 is 10.6 Å². The van der Waals surface area contributed by atoms with Crippen molar-refractivity contribution in [2.45, 2.75) is 26.8 Å². The molecule has 0 amide bonds. The largest absolute Gasteiger partial charge is 0.384 e. The second-order valence-electron chi connectivity index (χ2n) is 5.67. The Morgan fingerprint density at radius 3 is 2.40 bits per heavy atom. The van der Waals surface area contributed by atoms with Crippen LogP contribution < -0.4 is 5.73 Å². The molecule has 1 saturated heterocycles. The Kier molecular flexibility index (Phi) is 5.15. The van der Waals surface area contributed by atoms with Crippen molar-refractivity contribution in [1.82, 2.24) is 9.80 Å². The molecule has 1 heterocycles. The maximum absolute atomic E-state index is 7.48. The highest BCUT2D eigenvalue weighted by Gasteiger charge is 2.16. The summed E-state index contributed by atoms with van der Waals surface area (Å²) >= 11 is 0. The van der Waals surface area contributed by atoms with Crippen LogP contribution in [0.15, 0.2) is 18.2 Å². The Morgan fingerprint density at radius 1 is 1.20 bits per heavy atom. The average molecular weight is 274 g/mol. The van der Waals surface area contributed by atoms with Gasteiger partial charge in [-0.15, -0.1) is 0 Å². The van der Waals surface area contributed by atoms with E-state index in [0.717, 1.165) is 25.2 Å². The lowest BCUT2D eigenvalue weighted by molar-refractivity contribution is 0.127. The van der Waals surface area contributed by atoms with Gasteiger partial charge in [0.1, 0.15) is 5.84 Å². The molecular formula is C16H26N4. The van der Waals surface area contributed by atoms with Crippen LogP contribution in [0.3, 0.4) is 0 Å². The smallest absolute Gasteiger partial charge is 0.122 e. The van der Waals surface area contributed by atoms with Crippen molar-refractivity contribution in [3.05, 3.63) is 34.9 Å². The second kappa shape index (κ2) is 6.86. The second-order valence-corrected chi connectivity index (χ2v) is 5.67. The van der Waals surface area contributed by atoms with Gasteiger partial charge in [-0.05, 0) is 37.1 Å². The first-order chi connectivity index (χ1) is 9.60. The van der Waals surface area contributed by atoms with E-state index in [1.54, 1.807) is 0 Å². The van der Waals surface area contributed by atoms with Crippen LogP contribution in [0.25, 0.3) is 0 Å². The minimum absolute atomic E-state index is 0.146. The van der Waals surface area contributed by atoms with Crippen LogP contribution in [-0.2, 0) is 6.54 Å². The van der Waals surface area contributed by atoms with Gasteiger partial charge in [0.2, 0.25) is 0 Å². The zero-order chi connectivity index (χ0) is 14.5. The topological polar surface area (TPSA) is 56.4 Å². The molecule has 0 radical (unpaired) electrons. The van der Waals surface area contributed by atoms with Gasteiger partial charge in [0, 0.05) is 38.3 Å².